The second kappa shape index (κ2) is 10.5. The standard InChI is InChI=1S/C24H29ClN2O3/c1-17-8-12-20(13-9-17)27(22(28)16-25)23(18-10-14-21(30-2)15-11-18)24(29)26-19-6-4-3-5-7-19/h8-15,19,23H,3-7,16H2,1-2H3,(H,26,29)/t23-/m0/s1. The van der Waals surface area contributed by atoms with Crippen LogP contribution in [0, 0.1) is 6.92 Å². The number of nitrogens with one attached hydrogen (secondary N) is 1. The van der Waals surface area contributed by atoms with Gasteiger partial charge in [0.25, 0.3) is 0 Å². The number of carbonyl (C=O) groups is 2. The number of benzene rings is 2. The number of aryl methyl sites for hydroxylation is 1. The lowest BCUT2D eigenvalue weighted by Crippen LogP contribution is -2.47. The van der Waals surface area contributed by atoms with Crippen molar-refractivity contribution < 1.29 is 14.3 Å². The largest absolute Gasteiger partial charge is 0.497 e. The molecule has 2 amide bonds. The number of amides is 2. The van der Waals surface area contributed by atoms with Crippen LogP contribution in [-0.4, -0.2) is 30.8 Å². The van der Waals surface area contributed by atoms with E-state index in [2.05, 4.69) is 5.32 Å². The average molecular weight is 429 g/mol. The Morgan fingerprint density at radius 3 is 2.27 bits per heavy atom. The first kappa shape index (κ1) is 22.2. The number of ether oxygens (including phenoxy) is 1. The molecule has 0 spiro atoms. The molecule has 0 aromatic heterocycles. The van der Waals surface area contributed by atoms with Gasteiger partial charge < -0.3 is 10.1 Å². The van der Waals surface area contributed by atoms with E-state index in [1.807, 2.05) is 43.3 Å². The van der Waals surface area contributed by atoms with E-state index in [-0.39, 0.29) is 23.7 Å². The van der Waals surface area contributed by atoms with Crippen LogP contribution in [0.15, 0.2) is 48.5 Å². The van der Waals surface area contributed by atoms with Gasteiger partial charge in [0.15, 0.2) is 0 Å². The first-order valence-corrected chi connectivity index (χ1v) is 11.0. The number of halogens is 1. The smallest absolute Gasteiger partial charge is 0.248 e. The summed E-state index contributed by atoms with van der Waals surface area (Å²) in [5.74, 6) is -0.0287. The Bertz CT molecular complexity index is 846. The Kier molecular flexibility index (Phi) is 7.75. The SMILES string of the molecule is COc1ccc([C@@H](C(=O)NC2CCCCC2)N(C(=O)CCl)c2ccc(C)cc2)cc1. The molecule has 160 valence electrons. The van der Waals surface area contributed by atoms with E-state index in [0.717, 1.165) is 31.2 Å². The Morgan fingerprint density at radius 1 is 1.07 bits per heavy atom. The minimum Gasteiger partial charge on any atom is -0.497 e. The van der Waals surface area contributed by atoms with E-state index in [9.17, 15) is 9.59 Å². The van der Waals surface area contributed by atoms with Crippen LogP contribution in [0.3, 0.4) is 0 Å². The minimum atomic E-state index is -0.813. The van der Waals surface area contributed by atoms with E-state index in [0.29, 0.717) is 17.0 Å². The van der Waals surface area contributed by atoms with Crippen molar-refractivity contribution in [1.82, 2.24) is 5.32 Å². The maximum atomic E-state index is 13.5. The summed E-state index contributed by atoms with van der Waals surface area (Å²) in [6.45, 7) is 1.98. The van der Waals surface area contributed by atoms with Gasteiger partial charge in [0, 0.05) is 11.7 Å². The second-order valence-corrected chi connectivity index (χ2v) is 8.02. The highest BCUT2D eigenvalue weighted by molar-refractivity contribution is 6.29. The summed E-state index contributed by atoms with van der Waals surface area (Å²) in [7, 11) is 1.60. The summed E-state index contributed by atoms with van der Waals surface area (Å²) in [5, 5.41) is 3.18. The van der Waals surface area contributed by atoms with Crippen LogP contribution in [0.25, 0.3) is 0 Å². The summed E-state index contributed by atoms with van der Waals surface area (Å²) in [4.78, 5) is 27.9. The third-order valence-electron chi connectivity index (χ3n) is 5.58. The summed E-state index contributed by atoms with van der Waals surface area (Å²) in [6.07, 6.45) is 5.36. The summed E-state index contributed by atoms with van der Waals surface area (Å²) in [5.41, 5.74) is 2.43. The Labute approximate surface area is 183 Å². The maximum Gasteiger partial charge on any atom is 0.248 e. The second-order valence-electron chi connectivity index (χ2n) is 7.75. The molecule has 2 aromatic rings. The number of alkyl halides is 1. The van der Waals surface area contributed by atoms with Crippen molar-refractivity contribution in [2.24, 2.45) is 0 Å². The van der Waals surface area contributed by atoms with Gasteiger partial charge >= 0.3 is 0 Å². The average Bonchev–Trinajstić information content (AvgIpc) is 2.78. The Balaban J connectivity index is 2.00. The molecule has 0 bridgehead atoms. The molecule has 6 heteroatoms. The molecule has 2 aromatic carbocycles. The number of anilines is 1. The molecule has 30 heavy (non-hydrogen) atoms. The van der Waals surface area contributed by atoms with E-state index < -0.39 is 6.04 Å². The number of hydrogen-bond donors (Lipinski definition) is 1. The first-order valence-electron chi connectivity index (χ1n) is 10.4. The molecule has 1 saturated carbocycles. The Hall–Kier alpha value is -2.53. The topological polar surface area (TPSA) is 58.6 Å². The van der Waals surface area contributed by atoms with E-state index in [1.165, 1.54) is 11.3 Å². The predicted octanol–water partition coefficient (Wildman–Crippen LogP) is 4.77. The summed E-state index contributed by atoms with van der Waals surface area (Å²) >= 11 is 5.96. The van der Waals surface area contributed by atoms with Gasteiger partial charge in [-0.1, -0.05) is 49.1 Å². The van der Waals surface area contributed by atoms with Crippen LogP contribution in [0.1, 0.15) is 49.3 Å². The third-order valence-corrected chi connectivity index (χ3v) is 5.81. The maximum absolute atomic E-state index is 13.5. The van der Waals surface area contributed by atoms with Crippen LogP contribution in [0.5, 0.6) is 5.75 Å². The normalized spacial score (nSPS) is 15.3. The quantitative estimate of drug-likeness (QED) is 0.646. The molecular formula is C24H29ClN2O3. The lowest BCUT2D eigenvalue weighted by Gasteiger charge is -2.33. The highest BCUT2D eigenvalue weighted by Crippen LogP contribution is 2.30. The van der Waals surface area contributed by atoms with Gasteiger partial charge in [-0.05, 0) is 49.6 Å². The van der Waals surface area contributed by atoms with Crippen LogP contribution >= 0.6 is 11.6 Å². The minimum absolute atomic E-state index is 0.137. The van der Waals surface area contributed by atoms with Crippen LogP contribution < -0.4 is 15.0 Å². The third kappa shape index (κ3) is 5.33. The zero-order chi connectivity index (χ0) is 21.5. The molecule has 1 aliphatic rings. The molecule has 0 unspecified atom stereocenters. The first-order chi connectivity index (χ1) is 14.5. The fourth-order valence-electron chi connectivity index (χ4n) is 3.94. The van der Waals surface area contributed by atoms with Crippen LogP contribution in [0.2, 0.25) is 0 Å². The van der Waals surface area contributed by atoms with E-state index in [1.54, 1.807) is 19.2 Å². The summed E-state index contributed by atoms with van der Waals surface area (Å²) in [6, 6.07) is 14.1. The van der Waals surface area contributed by atoms with Gasteiger partial charge in [-0.3, -0.25) is 14.5 Å². The van der Waals surface area contributed by atoms with Crippen molar-refractivity contribution in [2.75, 3.05) is 17.9 Å². The van der Waals surface area contributed by atoms with Crippen molar-refractivity contribution in [1.29, 1.82) is 0 Å². The molecule has 0 radical (unpaired) electrons. The molecule has 0 aliphatic heterocycles. The van der Waals surface area contributed by atoms with Crippen molar-refractivity contribution in [3.63, 3.8) is 0 Å². The zero-order valence-corrected chi connectivity index (χ0v) is 18.3. The fourth-order valence-corrected chi connectivity index (χ4v) is 4.07. The van der Waals surface area contributed by atoms with Gasteiger partial charge in [-0.25, -0.2) is 0 Å². The predicted molar refractivity (Wildman–Crippen MR) is 120 cm³/mol. The fraction of sp³-hybridized carbons (Fsp3) is 0.417. The molecule has 0 saturated heterocycles. The van der Waals surface area contributed by atoms with E-state index >= 15 is 0 Å². The highest BCUT2D eigenvalue weighted by atomic mass is 35.5. The highest BCUT2D eigenvalue weighted by Gasteiger charge is 2.33. The monoisotopic (exact) mass is 428 g/mol. The van der Waals surface area contributed by atoms with E-state index in [4.69, 9.17) is 16.3 Å². The molecule has 1 N–H and O–H groups in total. The molecule has 1 fully saturated rings. The van der Waals surface area contributed by atoms with Crippen molar-refractivity contribution in [3.8, 4) is 5.75 Å². The van der Waals surface area contributed by atoms with Crippen LogP contribution in [0.4, 0.5) is 5.69 Å². The Morgan fingerprint density at radius 2 is 1.70 bits per heavy atom. The number of hydrogen-bond acceptors (Lipinski definition) is 3. The molecule has 1 aliphatic carbocycles. The van der Waals surface area contributed by atoms with Gasteiger partial charge in [-0.15, -0.1) is 11.6 Å². The molecular weight excluding hydrogens is 400 g/mol. The van der Waals surface area contributed by atoms with Crippen LogP contribution in [-0.2, 0) is 9.59 Å². The number of nitrogens with zero attached hydrogens (tertiary/aromatic N) is 1. The van der Waals surface area contributed by atoms with Gasteiger partial charge in [0.2, 0.25) is 11.8 Å². The number of rotatable bonds is 7. The van der Waals surface area contributed by atoms with Crippen molar-refractivity contribution in [2.45, 2.75) is 51.1 Å². The summed E-state index contributed by atoms with van der Waals surface area (Å²) < 4.78 is 5.26. The number of carbonyl (C=O) groups excluding carboxylic acids is 2. The van der Waals surface area contributed by atoms with Crippen molar-refractivity contribution in [3.05, 3.63) is 59.7 Å². The van der Waals surface area contributed by atoms with Gasteiger partial charge in [0.1, 0.15) is 17.7 Å². The zero-order valence-electron chi connectivity index (χ0n) is 17.6. The lowest BCUT2D eigenvalue weighted by molar-refractivity contribution is -0.126. The number of methoxy groups -OCH3 is 1. The van der Waals surface area contributed by atoms with Gasteiger partial charge in [-0.2, -0.15) is 0 Å². The molecule has 3 rings (SSSR count). The molecule has 1 atom stereocenters. The molecule has 5 nitrogen and oxygen atoms in total. The van der Waals surface area contributed by atoms with Gasteiger partial charge in [0.05, 0.1) is 7.11 Å². The van der Waals surface area contributed by atoms with Crippen molar-refractivity contribution >= 4 is 29.1 Å². The lowest BCUT2D eigenvalue weighted by atomic mass is 9.94. The molecule has 0 heterocycles.